The molecule has 5 nitrogen and oxygen atoms in total. The molecule has 0 bridgehead atoms. The first-order valence-corrected chi connectivity index (χ1v) is 6.52. The molecule has 0 aliphatic heterocycles. The van der Waals surface area contributed by atoms with Crippen molar-refractivity contribution in [1.29, 1.82) is 0 Å². The lowest BCUT2D eigenvalue weighted by Crippen LogP contribution is -2.12. The van der Waals surface area contributed by atoms with Crippen molar-refractivity contribution in [1.82, 2.24) is 0 Å². The first-order chi connectivity index (χ1) is 9.97. The molecule has 6 heteroatoms. The minimum absolute atomic E-state index is 0.125. The Kier molecular flexibility index (Phi) is 4.55. The SMILES string of the molecule is Cc1ccc(Cl)cc1OCC(=O)c1cccc([N+](=O)[O-])c1. The highest BCUT2D eigenvalue weighted by Gasteiger charge is 2.12. The molecule has 0 aliphatic rings. The normalized spacial score (nSPS) is 10.2. The average Bonchev–Trinajstić information content (AvgIpc) is 2.48. The molecule has 0 spiro atoms. The van der Waals surface area contributed by atoms with Gasteiger partial charge in [0.05, 0.1) is 4.92 Å². The molecular weight excluding hydrogens is 294 g/mol. The Morgan fingerprint density at radius 2 is 2.05 bits per heavy atom. The van der Waals surface area contributed by atoms with Crippen molar-refractivity contribution < 1.29 is 14.5 Å². The molecule has 0 heterocycles. The number of hydrogen-bond donors (Lipinski definition) is 0. The van der Waals surface area contributed by atoms with E-state index < -0.39 is 4.92 Å². The Morgan fingerprint density at radius 3 is 2.76 bits per heavy atom. The number of ketones is 1. The van der Waals surface area contributed by atoms with E-state index in [0.717, 1.165) is 5.56 Å². The minimum Gasteiger partial charge on any atom is -0.485 e. The Morgan fingerprint density at radius 1 is 1.29 bits per heavy atom. The Balaban J connectivity index is 2.10. The van der Waals surface area contributed by atoms with Crippen molar-refractivity contribution in [2.45, 2.75) is 6.92 Å². The fourth-order valence-corrected chi connectivity index (χ4v) is 1.91. The number of nitro benzene ring substituents is 1. The number of ether oxygens (including phenoxy) is 1. The number of aryl methyl sites for hydroxylation is 1. The molecule has 0 aromatic heterocycles. The summed E-state index contributed by atoms with van der Waals surface area (Å²) in [5.74, 6) is 0.180. The number of benzene rings is 2. The molecular formula is C15H12ClNO4. The van der Waals surface area contributed by atoms with Crippen molar-refractivity contribution >= 4 is 23.1 Å². The van der Waals surface area contributed by atoms with E-state index in [1.807, 2.05) is 6.92 Å². The van der Waals surface area contributed by atoms with Crippen LogP contribution in [0.3, 0.4) is 0 Å². The molecule has 0 aliphatic carbocycles. The summed E-state index contributed by atoms with van der Waals surface area (Å²) in [5.41, 5.74) is 0.968. The molecule has 0 fully saturated rings. The summed E-state index contributed by atoms with van der Waals surface area (Å²) in [4.78, 5) is 22.2. The number of nitrogens with zero attached hydrogens (tertiary/aromatic N) is 1. The number of carbonyl (C=O) groups excluding carboxylic acids is 1. The lowest BCUT2D eigenvalue weighted by molar-refractivity contribution is -0.384. The molecule has 2 rings (SSSR count). The van der Waals surface area contributed by atoms with Crippen LogP contribution in [0, 0.1) is 17.0 Å². The molecule has 0 saturated heterocycles. The summed E-state index contributed by atoms with van der Waals surface area (Å²) in [5, 5.41) is 11.2. The van der Waals surface area contributed by atoms with E-state index in [1.165, 1.54) is 24.3 Å². The molecule has 21 heavy (non-hydrogen) atoms. The van der Waals surface area contributed by atoms with Gasteiger partial charge in [-0.3, -0.25) is 14.9 Å². The van der Waals surface area contributed by atoms with Gasteiger partial charge in [0.15, 0.2) is 12.4 Å². The third kappa shape index (κ3) is 3.79. The van der Waals surface area contributed by atoms with Crippen molar-refractivity contribution in [3.05, 3.63) is 68.7 Å². The third-order valence-electron chi connectivity index (χ3n) is 2.89. The van der Waals surface area contributed by atoms with Crippen molar-refractivity contribution in [2.24, 2.45) is 0 Å². The second kappa shape index (κ2) is 6.37. The molecule has 0 saturated carbocycles. The molecule has 0 atom stereocenters. The molecule has 2 aromatic rings. The van der Waals surface area contributed by atoms with Gasteiger partial charge in [-0.1, -0.05) is 29.8 Å². The number of nitro groups is 1. The van der Waals surface area contributed by atoms with Crippen LogP contribution >= 0.6 is 11.6 Å². The fourth-order valence-electron chi connectivity index (χ4n) is 1.75. The van der Waals surface area contributed by atoms with Gasteiger partial charge < -0.3 is 4.74 Å². The van der Waals surface area contributed by atoms with Crippen LogP contribution in [0.1, 0.15) is 15.9 Å². The minimum atomic E-state index is -0.543. The lowest BCUT2D eigenvalue weighted by atomic mass is 10.1. The average molecular weight is 306 g/mol. The molecule has 0 amide bonds. The van der Waals surface area contributed by atoms with Crippen LogP contribution in [0.25, 0.3) is 0 Å². The standard InChI is InChI=1S/C15H12ClNO4/c1-10-5-6-12(16)8-15(10)21-9-14(18)11-3-2-4-13(7-11)17(19)20/h2-8H,9H2,1H3. The van der Waals surface area contributed by atoms with Crippen LogP contribution in [-0.2, 0) is 0 Å². The molecule has 0 unspecified atom stereocenters. The van der Waals surface area contributed by atoms with E-state index in [1.54, 1.807) is 18.2 Å². The van der Waals surface area contributed by atoms with Gasteiger partial charge in [-0.25, -0.2) is 0 Å². The quantitative estimate of drug-likeness (QED) is 0.478. The van der Waals surface area contributed by atoms with Crippen LogP contribution in [0.4, 0.5) is 5.69 Å². The largest absolute Gasteiger partial charge is 0.485 e. The summed E-state index contributed by atoms with van der Waals surface area (Å²) in [6.45, 7) is 1.63. The Hall–Kier alpha value is -2.40. The topological polar surface area (TPSA) is 69.4 Å². The van der Waals surface area contributed by atoms with Gasteiger partial charge in [0.1, 0.15) is 5.75 Å². The maximum Gasteiger partial charge on any atom is 0.270 e. The molecule has 0 radical (unpaired) electrons. The smallest absolute Gasteiger partial charge is 0.270 e. The highest BCUT2D eigenvalue weighted by atomic mass is 35.5. The molecule has 2 aromatic carbocycles. The van der Waals surface area contributed by atoms with Gasteiger partial charge in [-0.15, -0.1) is 0 Å². The van der Waals surface area contributed by atoms with Crippen molar-refractivity contribution in [2.75, 3.05) is 6.61 Å². The van der Waals surface area contributed by atoms with Gasteiger partial charge in [0, 0.05) is 22.7 Å². The summed E-state index contributed by atoms with van der Waals surface area (Å²) in [7, 11) is 0. The fraction of sp³-hybridized carbons (Fsp3) is 0.133. The van der Waals surface area contributed by atoms with E-state index >= 15 is 0 Å². The number of carbonyl (C=O) groups is 1. The van der Waals surface area contributed by atoms with E-state index in [9.17, 15) is 14.9 Å². The lowest BCUT2D eigenvalue weighted by Gasteiger charge is -2.08. The zero-order valence-corrected chi connectivity index (χ0v) is 12.0. The highest BCUT2D eigenvalue weighted by molar-refractivity contribution is 6.30. The summed E-state index contributed by atoms with van der Waals surface area (Å²) >= 11 is 5.86. The molecule has 108 valence electrons. The van der Waals surface area contributed by atoms with Crippen LogP contribution in [0.5, 0.6) is 5.75 Å². The second-order valence-electron chi connectivity index (χ2n) is 4.43. The number of Topliss-reactive ketones (excluding diaryl/α,β-unsaturated/α-hetero) is 1. The number of hydrogen-bond acceptors (Lipinski definition) is 4. The van der Waals surface area contributed by atoms with Gasteiger partial charge in [-0.2, -0.15) is 0 Å². The maximum atomic E-state index is 12.0. The van der Waals surface area contributed by atoms with Gasteiger partial charge in [0.2, 0.25) is 0 Å². The van der Waals surface area contributed by atoms with Crippen LogP contribution in [0.15, 0.2) is 42.5 Å². The maximum absolute atomic E-state index is 12.0. The van der Waals surface area contributed by atoms with Crippen LogP contribution in [0.2, 0.25) is 5.02 Å². The molecule has 0 N–H and O–H groups in total. The van der Waals surface area contributed by atoms with Crippen molar-refractivity contribution in [3.63, 3.8) is 0 Å². The number of rotatable bonds is 5. The predicted octanol–water partition coefficient (Wildman–Crippen LogP) is 3.82. The van der Waals surface area contributed by atoms with Gasteiger partial charge in [0.25, 0.3) is 5.69 Å². The van der Waals surface area contributed by atoms with E-state index in [-0.39, 0.29) is 23.6 Å². The van der Waals surface area contributed by atoms with E-state index in [4.69, 9.17) is 16.3 Å². The summed E-state index contributed by atoms with van der Waals surface area (Å²) in [6.07, 6.45) is 0. The number of halogens is 1. The third-order valence-corrected chi connectivity index (χ3v) is 3.12. The number of non-ortho nitro benzene ring substituents is 1. The Bertz CT molecular complexity index is 700. The van der Waals surface area contributed by atoms with E-state index in [0.29, 0.717) is 10.8 Å². The first-order valence-electron chi connectivity index (χ1n) is 6.14. The second-order valence-corrected chi connectivity index (χ2v) is 4.87. The summed E-state index contributed by atoms with van der Waals surface area (Å²) in [6, 6.07) is 10.7. The van der Waals surface area contributed by atoms with Crippen molar-refractivity contribution in [3.8, 4) is 5.75 Å². The van der Waals surface area contributed by atoms with Gasteiger partial charge in [-0.05, 0) is 24.6 Å². The highest BCUT2D eigenvalue weighted by Crippen LogP contribution is 2.23. The first kappa shape index (κ1) is 15.0. The summed E-state index contributed by atoms with van der Waals surface area (Å²) < 4.78 is 5.43. The monoisotopic (exact) mass is 305 g/mol. The van der Waals surface area contributed by atoms with Crippen LogP contribution in [-0.4, -0.2) is 17.3 Å². The zero-order valence-electron chi connectivity index (χ0n) is 11.2. The predicted molar refractivity (Wildman–Crippen MR) is 79.1 cm³/mol. The van der Waals surface area contributed by atoms with Gasteiger partial charge >= 0.3 is 0 Å². The van der Waals surface area contributed by atoms with Crippen LogP contribution < -0.4 is 4.74 Å². The Labute approximate surface area is 126 Å². The van der Waals surface area contributed by atoms with E-state index in [2.05, 4.69) is 0 Å². The zero-order chi connectivity index (χ0) is 15.4.